The first-order chi connectivity index (χ1) is 14.8. The SMILES string of the molecule is O=C(NCCc1c(-c2ccc(F)cc2)[nH]c2c(F)cc(F)cc12)NCC1(O)CCCC1. The number of nitrogens with one attached hydrogen (secondary N) is 3. The second kappa shape index (κ2) is 8.63. The Hall–Kier alpha value is -3.00. The van der Waals surface area contributed by atoms with Crippen molar-refractivity contribution in [3.05, 3.63) is 59.4 Å². The van der Waals surface area contributed by atoms with E-state index in [4.69, 9.17) is 0 Å². The Bertz CT molecular complexity index is 1090. The van der Waals surface area contributed by atoms with Crippen LogP contribution in [0.15, 0.2) is 36.4 Å². The molecule has 0 spiro atoms. The standard InChI is InChI=1S/C23H24F3N3O2/c24-15-5-3-14(4-6-15)20-17(18-11-16(25)12-19(26)21(18)29-20)7-10-27-22(30)28-13-23(31)8-1-2-9-23/h3-6,11-12,29,31H,1-2,7-10,13H2,(H2,27,28,30). The molecule has 5 nitrogen and oxygen atoms in total. The highest BCUT2D eigenvalue weighted by atomic mass is 19.1. The number of hydrogen-bond acceptors (Lipinski definition) is 2. The zero-order valence-electron chi connectivity index (χ0n) is 16.9. The van der Waals surface area contributed by atoms with E-state index in [1.54, 1.807) is 12.1 Å². The van der Waals surface area contributed by atoms with Gasteiger partial charge in [-0.1, -0.05) is 12.8 Å². The Morgan fingerprint density at radius 1 is 1.03 bits per heavy atom. The number of hydrogen-bond donors (Lipinski definition) is 4. The Morgan fingerprint density at radius 2 is 1.74 bits per heavy atom. The molecule has 0 aliphatic heterocycles. The molecule has 0 unspecified atom stereocenters. The van der Waals surface area contributed by atoms with Crippen molar-refractivity contribution in [2.75, 3.05) is 13.1 Å². The van der Waals surface area contributed by atoms with Gasteiger partial charge in [0, 0.05) is 30.2 Å². The van der Waals surface area contributed by atoms with Crippen LogP contribution in [0.3, 0.4) is 0 Å². The number of aliphatic hydroxyl groups is 1. The summed E-state index contributed by atoms with van der Waals surface area (Å²) in [6.45, 7) is 0.396. The maximum absolute atomic E-state index is 14.3. The van der Waals surface area contributed by atoms with Gasteiger partial charge in [0.05, 0.1) is 11.1 Å². The van der Waals surface area contributed by atoms with Crippen LogP contribution in [0.2, 0.25) is 0 Å². The summed E-state index contributed by atoms with van der Waals surface area (Å²) in [5.74, 6) is -1.83. The van der Waals surface area contributed by atoms with E-state index in [-0.39, 0.29) is 18.6 Å². The third-order valence-electron chi connectivity index (χ3n) is 5.84. The first-order valence-electron chi connectivity index (χ1n) is 10.3. The van der Waals surface area contributed by atoms with Gasteiger partial charge >= 0.3 is 6.03 Å². The number of carbonyl (C=O) groups is 1. The Morgan fingerprint density at radius 3 is 2.45 bits per heavy atom. The van der Waals surface area contributed by atoms with Crippen LogP contribution in [0, 0.1) is 17.5 Å². The van der Waals surface area contributed by atoms with Gasteiger partial charge < -0.3 is 20.7 Å². The van der Waals surface area contributed by atoms with Crippen LogP contribution in [0.1, 0.15) is 31.2 Å². The molecule has 3 aromatic rings. The highest BCUT2D eigenvalue weighted by Gasteiger charge is 2.31. The number of fused-ring (bicyclic) bond motifs is 1. The van der Waals surface area contributed by atoms with Crippen LogP contribution in [-0.4, -0.2) is 34.8 Å². The minimum Gasteiger partial charge on any atom is -0.388 e. The fourth-order valence-electron chi connectivity index (χ4n) is 4.21. The monoisotopic (exact) mass is 431 g/mol. The topological polar surface area (TPSA) is 77.2 Å². The molecular weight excluding hydrogens is 407 g/mol. The second-order valence-electron chi connectivity index (χ2n) is 8.09. The molecule has 4 rings (SSSR count). The molecule has 0 bridgehead atoms. The predicted molar refractivity (Wildman–Crippen MR) is 112 cm³/mol. The molecule has 1 aliphatic rings. The summed E-state index contributed by atoms with van der Waals surface area (Å²) in [6, 6.07) is 7.33. The summed E-state index contributed by atoms with van der Waals surface area (Å²) in [7, 11) is 0. The molecule has 0 radical (unpaired) electrons. The largest absolute Gasteiger partial charge is 0.388 e. The lowest BCUT2D eigenvalue weighted by atomic mass is 10.0. The van der Waals surface area contributed by atoms with Gasteiger partial charge in [0.2, 0.25) is 0 Å². The van der Waals surface area contributed by atoms with Crippen molar-refractivity contribution in [2.45, 2.75) is 37.7 Å². The average Bonchev–Trinajstić information content (AvgIpc) is 3.32. The number of amides is 2. The van der Waals surface area contributed by atoms with Gasteiger partial charge in [0.1, 0.15) is 17.5 Å². The minimum atomic E-state index is -0.848. The van der Waals surface area contributed by atoms with E-state index in [1.807, 2.05) is 0 Å². The summed E-state index contributed by atoms with van der Waals surface area (Å²) in [5.41, 5.74) is 1.10. The molecule has 1 fully saturated rings. The van der Waals surface area contributed by atoms with E-state index in [9.17, 15) is 23.1 Å². The zero-order valence-corrected chi connectivity index (χ0v) is 16.9. The first-order valence-corrected chi connectivity index (χ1v) is 10.3. The van der Waals surface area contributed by atoms with E-state index >= 15 is 0 Å². The highest BCUT2D eigenvalue weighted by Crippen LogP contribution is 2.33. The summed E-state index contributed by atoms with van der Waals surface area (Å²) < 4.78 is 41.5. The van der Waals surface area contributed by atoms with Gasteiger partial charge in [-0.15, -0.1) is 0 Å². The van der Waals surface area contributed by atoms with Gasteiger partial charge in [-0.2, -0.15) is 0 Å². The van der Waals surface area contributed by atoms with E-state index in [1.165, 1.54) is 18.2 Å². The second-order valence-corrected chi connectivity index (χ2v) is 8.09. The van der Waals surface area contributed by atoms with Crippen molar-refractivity contribution in [1.82, 2.24) is 15.6 Å². The fraction of sp³-hybridized carbons (Fsp3) is 0.348. The number of rotatable bonds is 6. The van der Waals surface area contributed by atoms with Crippen molar-refractivity contribution in [2.24, 2.45) is 0 Å². The lowest BCUT2D eigenvalue weighted by molar-refractivity contribution is 0.0501. The Balaban J connectivity index is 1.51. The Labute approximate surface area is 177 Å². The predicted octanol–water partition coefficient (Wildman–Crippen LogP) is 4.40. The maximum Gasteiger partial charge on any atom is 0.314 e. The molecule has 4 N–H and O–H groups in total. The molecule has 1 aromatic heterocycles. The van der Waals surface area contributed by atoms with Gasteiger partial charge in [0.25, 0.3) is 0 Å². The molecule has 0 atom stereocenters. The molecule has 1 saturated carbocycles. The normalized spacial score (nSPS) is 15.4. The zero-order chi connectivity index (χ0) is 22.0. The van der Waals surface area contributed by atoms with Gasteiger partial charge in [-0.25, -0.2) is 18.0 Å². The van der Waals surface area contributed by atoms with Crippen molar-refractivity contribution >= 4 is 16.9 Å². The Kier molecular flexibility index (Phi) is 5.91. The molecule has 31 heavy (non-hydrogen) atoms. The molecule has 0 saturated heterocycles. The molecule has 164 valence electrons. The molecule has 2 aromatic carbocycles. The first kappa shape index (κ1) is 21.2. The number of halogens is 3. The third kappa shape index (κ3) is 4.69. The lowest BCUT2D eigenvalue weighted by Gasteiger charge is -2.22. The van der Waals surface area contributed by atoms with E-state index in [0.29, 0.717) is 41.5 Å². The number of urea groups is 1. The van der Waals surface area contributed by atoms with Crippen molar-refractivity contribution in [3.8, 4) is 11.3 Å². The quantitative estimate of drug-likeness (QED) is 0.467. The maximum atomic E-state index is 14.3. The van der Waals surface area contributed by atoms with Gasteiger partial charge in [0.15, 0.2) is 0 Å². The van der Waals surface area contributed by atoms with Crippen molar-refractivity contribution < 1.29 is 23.1 Å². The number of H-pyrrole nitrogens is 1. The van der Waals surface area contributed by atoms with Crippen LogP contribution in [-0.2, 0) is 6.42 Å². The van der Waals surface area contributed by atoms with Crippen LogP contribution < -0.4 is 10.6 Å². The van der Waals surface area contributed by atoms with Crippen LogP contribution in [0.4, 0.5) is 18.0 Å². The number of benzene rings is 2. The van der Waals surface area contributed by atoms with Crippen molar-refractivity contribution in [3.63, 3.8) is 0 Å². The van der Waals surface area contributed by atoms with Crippen LogP contribution >= 0.6 is 0 Å². The summed E-state index contributed by atoms with van der Waals surface area (Å²) in [6.07, 6.45) is 3.52. The number of aromatic nitrogens is 1. The molecule has 2 amide bonds. The molecular formula is C23H24F3N3O2. The van der Waals surface area contributed by atoms with Gasteiger partial charge in [-0.05, 0) is 60.7 Å². The summed E-state index contributed by atoms with van der Waals surface area (Å²) >= 11 is 0. The van der Waals surface area contributed by atoms with E-state index in [0.717, 1.165) is 18.9 Å². The van der Waals surface area contributed by atoms with Crippen LogP contribution in [0.25, 0.3) is 22.2 Å². The van der Waals surface area contributed by atoms with E-state index in [2.05, 4.69) is 15.6 Å². The molecule has 1 heterocycles. The van der Waals surface area contributed by atoms with Crippen LogP contribution in [0.5, 0.6) is 0 Å². The highest BCUT2D eigenvalue weighted by molar-refractivity contribution is 5.91. The number of carbonyl (C=O) groups excluding carboxylic acids is 1. The summed E-state index contributed by atoms with van der Waals surface area (Å²) in [4.78, 5) is 15.1. The number of aromatic amines is 1. The van der Waals surface area contributed by atoms with Crippen molar-refractivity contribution in [1.29, 1.82) is 0 Å². The lowest BCUT2D eigenvalue weighted by Crippen LogP contribution is -2.45. The van der Waals surface area contributed by atoms with Gasteiger partial charge in [-0.3, -0.25) is 0 Å². The average molecular weight is 431 g/mol. The smallest absolute Gasteiger partial charge is 0.314 e. The molecule has 8 heteroatoms. The van der Waals surface area contributed by atoms with E-state index < -0.39 is 29.1 Å². The third-order valence-corrected chi connectivity index (χ3v) is 5.84. The fourth-order valence-corrected chi connectivity index (χ4v) is 4.21. The minimum absolute atomic E-state index is 0.156. The molecule has 1 aliphatic carbocycles. The summed E-state index contributed by atoms with van der Waals surface area (Å²) in [5, 5.41) is 16.1.